The number of rotatable bonds is 11. The van der Waals surface area contributed by atoms with E-state index in [-0.39, 0.29) is 18.4 Å². The molecule has 0 saturated heterocycles. The predicted molar refractivity (Wildman–Crippen MR) is 131 cm³/mol. The van der Waals surface area contributed by atoms with Gasteiger partial charge in [-0.15, -0.1) is 0 Å². The molecule has 2 amide bonds. The molecule has 0 spiro atoms. The molecule has 0 bridgehead atoms. The summed E-state index contributed by atoms with van der Waals surface area (Å²) >= 11 is 0. The molecule has 3 aromatic rings. The third kappa shape index (κ3) is 7.72. The number of carbonyl (C=O) groups is 2. The van der Waals surface area contributed by atoms with Crippen LogP contribution in [0.4, 0.5) is 0 Å². The van der Waals surface area contributed by atoms with E-state index < -0.39 is 12.1 Å². The Hall–Kier alpha value is -3.68. The number of ether oxygens (including phenoxy) is 1. The van der Waals surface area contributed by atoms with Crippen LogP contribution in [-0.4, -0.2) is 47.7 Å². The summed E-state index contributed by atoms with van der Waals surface area (Å²) in [5, 5.41) is 15.8. The maximum absolute atomic E-state index is 12.9. The Labute approximate surface area is 200 Å². The van der Waals surface area contributed by atoms with Crippen LogP contribution in [-0.2, 0) is 17.8 Å². The molecule has 34 heavy (non-hydrogen) atoms. The van der Waals surface area contributed by atoms with Gasteiger partial charge in [-0.3, -0.25) is 15.0 Å². The minimum atomic E-state index is -0.953. The zero-order valence-electron chi connectivity index (χ0n) is 19.5. The van der Waals surface area contributed by atoms with Gasteiger partial charge in [-0.25, -0.2) is 5.01 Å². The molecule has 0 aromatic heterocycles. The molecule has 0 aliphatic carbocycles. The topological polar surface area (TPSA) is 90.9 Å². The van der Waals surface area contributed by atoms with Gasteiger partial charge >= 0.3 is 0 Å². The van der Waals surface area contributed by atoms with E-state index in [2.05, 4.69) is 10.7 Å². The molecular weight excluding hydrogens is 430 g/mol. The third-order valence-corrected chi connectivity index (χ3v) is 5.35. The highest BCUT2D eigenvalue weighted by molar-refractivity contribution is 5.94. The zero-order chi connectivity index (χ0) is 24.3. The van der Waals surface area contributed by atoms with Crippen LogP contribution in [0.5, 0.6) is 5.75 Å². The number of hydrazine groups is 1. The summed E-state index contributed by atoms with van der Waals surface area (Å²) in [6, 6.07) is 25.5. The quantitative estimate of drug-likeness (QED) is 0.382. The highest BCUT2D eigenvalue weighted by Gasteiger charge is 2.25. The lowest BCUT2D eigenvalue weighted by molar-refractivity contribution is -0.124. The van der Waals surface area contributed by atoms with Gasteiger partial charge in [0.2, 0.25) is 5.91 Å². The van der Waals surface area contributed by atoms with Crippen molar-refractivity contribution < 1.29 is 19.4 Å². The Morgan fingerprint density at radius 1 is 0.941 bits per heavy atom. The van der Waals surface area contributed by atoms with Gasteiger partial charge in [0.1, 0.15) is 5.75 Å². The van der Waals surface area contributed by atoms with E-state index in [0.717, 1.165) is 11.1 Å². The molecule has 2 atom stereocenters. The Morgan fingerprint density at radius 3 is 2.24 bits per heavy atom. The maximum Gasteiger partial charge on any atom is 0.251 e. The Bertz CT molecular complexity index is 1060. The maximum atomic E-state index is 12.9. The van der Waals surface area contributed by atoms with E-state index in [1.165, 1.54) is 6.92 Å². The van der Waals surface area contributed by atoms with E-state index >= 15 is 0 Å². The first-order valence-corrected chi connectivity index (χ1v) is 11.2. The van der Waals surface area contributed by atoms with E-state index in [4.69, 9.17) is 4.74 Å². The predicted octanol–water partition coefficient (Wildman–Crippen LogP) is 2.95. The summed E-state index contributed by atoms with van der Waals surface area (Å²) in [6.45, 7) is 1.89. The lowest BCUT2D eigenvalue weighted by Gasteiger charge is -2.30. The summed E-state index contributed by atoms with van der Waals surface area (Å²) in [4.78, 5) is 24.7. The van der Waals surface area contributed by atoms with Gasteiger partial charge < -0.3 is 15.2 Å². The number of nitrogens with zero attached hydrogens (tertiary/aromatic N) is 1. The molecule has 7 heteroatoms. The summed E-state index contributed by atoms with van der Waals surface area (Å²) in [5.74, 6) is 0.195. The van der Waals surface area contributed by atoms with Gasteiger partial charge in [-0.2, -0.15) is 0 Å². The number of aliphatic hydroxyl groups excluding tert-OH is 1. The number of hydrogen-bond donors (Lipinski definition) is 3. The van der Waals surface area contributed by atoms with E-state index in [1.54, 1.807) is 36.4 Å². The van der Waals surface area contributed by atoms with Crippen LogP contribution in [0.15, 0.2) is 84.9 Å². The van der Waals surface area contributed by atoms with Crippen molar-refractivity contribution in [2.45, 2.75) is 32.0 Å². The van der Waals surface area contributed by atoms with E-state index in [9.17, 15) is 14.7 Å². The first kappa shape index (κ1) is 25.0. The Balaban J connectivity index is 1.77. The number of benzene rings is 3. The second-order valence-electron chi connectivity index (χ2n) is 8.10. The molecule has 7 nitrogen and oxygen atoms in total. The summed E-state index contributed by atoms with van der Waals surface area (Å²) in [5.41, 5.74) is 5.19. The summed E-state index contributed by atoms with van der Waals surface area (Å²) in [6.07, 6.45) is -0.515. The Kier molecular flexibility index (Phi) is 9.20. The summed E-state index contributed by atoms with van der Waals surface area (Å²) < 4.78 is 5.29. The van der Waals surface area contributed by atoms with Crippen LogP contribution in [0.2, 0.25) is 0 Å². The van der Waals surface area contributed by atoms with Gasteiger partial charge in [-0.05, 0) is 41.8 Å². The van der Waals surface area contributed by atoms with Crippen molar-refractivity contribution in [1.82, 2.24) is 15.8 Å². The molecule has 0 aliphatic heterocycles. The van der Waals surface area contributed by atoms with Crippen molar-refractivity contribution in [3.63, 3.8) is 0 Å². The minimum Gasteiger partial charge on any atom is -0.497 e. The molecule has 0 fully saturated rings. The number of methoxy groups -OCH3 is 1. The van der Waals surface area contributed by atoms with E-state index in [1.807, 2.05) is 60.7 Å². The average Bonchev–Trinajstić information content (AvgIpc) is 2.84. The van der Waals surface area contributed by atoms with Crippen LogP contribution >= 0.6 is 0 Å². The van der Waals surface area contributed by atoms with Gasteiger partial charge in [0.25, 0.3) is 5.91 Å². The largest absolute Gasteiger partial charge is 0.497 e. The van der Waals surface area contributed by atoms with Crippen molar-refractivity contribution in [2.75, 3.05) is 13.7 Å². The average molecular weight is 462 g/mol. The van der Waals surface area contributed by atoms with Crippen LogP contribution in [0.25, 0.3) is 0 Å². The first-order valence-electron chi connectivity index (χ1n) is 11.2. The van der Waals surface area contributed by atoms with Crippen molar-refractivity contribution >= 4 is 11.8 Å². The fourth-order valence-electron chi connectivity index (χ4n) is 3.71. The zero-order valence-corrected chi connectivity index (χ0v) is 19.5. The SMILES string of the molecule is COc1cccc(CN(C[C@@H](O)[C@H](Cc2ccccc2)NC(=O)c2ccccc2)NC(C)=O)c1. The fourth-order valence-corrected chi connectivity index (χ4v) is 3.71. The Morgan fingerprint density at radius 2 is 1.59 bits per heavy atom. The second-order valence-corrected chi connectivity index (χ2v) is 8.10. The normalized spacial score (nSPS) is 12.6. The van der Waals surface area contributed by atoms with Crippen LogP contribution in [0.3, 0.4) is 0 Å². The summed E-state index contributed by atoms with van der Waals surface area (Å²) in [7, 11) is 1.60. The monoisotopic (exact) mass is 461 g/mol. The van der Waals surface area contributed by atoms with Crippen LogP contribution in [0.1, 0.15) is 28.4 Å². The number of amides is 2. The van der Waals surface area contributed by atoms with Gasteiger partial charge in [0.15, 0.2) is 0 Å². The molecular formula is C27H31N3O4. The van der Waals surface area contributed by atoms with Crippen LogP contribution < -0.4 is 15.5 Å². The van der Waals surface area contributed by atoms with Crippen molar-refractivity contribution in [3.05, 3.63) is 102 Å². The highest BCUT2D eigenvalue weighted by atomic mass is 16.5. The lowest BCUT2D eigenvalue weighted by Crippen LogP contribution is -2.52. The van der Waals surface area contributed by atoms with Gasteiger partial charge in [0.05, 0.1) is 19.3 Å². The molecule has 3 rings (SSSR count). The number of nitrogens with one attached hydrogen (secondary N) is 2. The van der Waals surface area contributed by atoms with Crippen LogP contribution in [0, 0.1) is 0 Å². The molecule has 0 radical (unpaired) electrons. The van der Waals surface area contributed by atoms with Gasteiger partial charge in [-0.1, -0.05) is 60.7 Å². The second kappa shape index (κ2) is 12.5. The van der Waals surface area contributed by atoms with Crippen molar-refractivity contribution in [1.29, 1.82) is 0 Å². The first-order chi connectivity index (χ1) is 16.4. The lowest BCUT2D eigenvalue weighted by atomic mass is 10.00. The molecule has 0 aliphatic rings. The molecule has 3 N–H and O–H groups in total. The fraction of sp³-hybridized carbons (Fsp3) is 0.259. The third-order valence-electron chi connectivity index (χ3n) is 5.35. The molecule has 0 heterocycles. The number of hydrogen-bond acceptors (Lipinski definition) is 5. The number of aliphatic hydroxyl groups is 1. The minimum absolute atomic E-state index is 0.114. The van der Waals surface area contributed by atoms with Crippen molar-refractivity contribution in [2.24, 2.45) is 0 Å². The molecule has 3 aromatic carbocycles. The molecule has 0 saturated carbocycles. The van der Waals surface area contributed by atoms with E-state index in [0.29, 0.717) is 24.3 Å². The van der Waals surface area contributed by atoms with Gasteiger partial charge in [0, 0.05) is 25.6 Å². The van der Waals surface area contributed by atoms with Crippen molar-refractivity contribution in [3.8, 4) is 5.75 Å². The number of carbonyl (C=O) groups excluding carboxylic acids is 2. The standard InChI is InChI=1S/C27H31N3O4/c1-20(31)29-30(18-22-12-9-15-24(16-22)34-2)19-26(32)25(17-21-10-5-3-6-11-21)28-27(33)23-13-7-4-8-14-23/h3-16,25-26,32H,17-19H2,1-2H3,(H,28,33)(H,29,31)/t25-,26+/m0/s1. The smallest absolute Gasteiger partial charge is 0.251 e. The highest BCUT2D eigenvalue weighted by Crippen LogP contribution is 2.15. The molecule has 0 unspecified atom stereocenters. The molecule has 178 valence electrons.